The van der Waals surface area contributed by atoms with Crippen molar-refractivity contribution in [1.82, 2.24) is 0 Å². The van der Waals surface area contributed by atoms with Crippen LogP contribution >= 0.6 is 11.6 Å². The van der Waals surface area contributed by atoms with Crippen LogP contribution in [0.4, 0.5) is 5.69 Å². The summed E-state index contributed by atoms with van der Waals surface area (Å²) in [6.07, 6.45) is 0.167. The van der Waals surface area contributed by atoms with Crippen LogP contribution in [0.1, 0.15) is 28.3 Å². The topological polar surface area (TPSA) is 37.4 Å². The summed E-state index contributed by atoms with van der Waals surface area (Å²) >= 11 is 6.02. The Morgan fingerprint density at radius 2 is 1.90 bits per heavy atom. The lowest BCUT2D eigenvalue weighted by molar-refractivity contribution is -0.119. The highest BCUT2D eigenvalue weighted by Gasteiger charge is 2.36. The molecule has 106 valence electrons. The SMILES string of the molecule is CN1C(=O)[C@H](CC(=O)c2ccccc2)c2cc(Cl)ccc21. The van der Waals surface area contributed by atoms with Gasteiger partial charge < -0.3 is 4.90 Å². The number of likely N-dealkylation sites (N-methyl/N-ethyl adjacent to an activating group) is 1. The number of halogens is 1. The second-order valence-electron chi connectivity index (χ2n) is 5.15. The molecule has 0 radical (unpaired) electrons. The third-order valence-corrected chi connectivity index (χ3v) is 4.08. The Labute approximate surface area is 128 Å². The molecule has 0 saturated heterocycles. The first-order valence-electron chi connectivity index (χ1n) is 6.73. The van der Waals surface area contributed by atoms with E-state index in [2.05, 4.69) is 0 Å². The number of carbonyl (C=O) groups is 2. The lowest BCUT2D eigenvalue weighted by atomic mass is 9.93. The Balaban J connectivity index is 1.92. The maximum absolute atomic E-state index is 12.4. The van der Waals surface area contributed by atoms with Gasteiger partial charge in [-0.1, -0.05) is 41.9 Å². The lowest BCUT2D eigenvalue weighted by Crippen LogP contribution is -2.25. The Morgan fingerprint density at radius 3 is 2.62 bits per heavy atom. The molecule has 21 heavy (non-hydrogen) atoms. The molecule has 3 rings (SSSR count). The molecule has 0 aliphatic carbocycles. The van der Waals surface area contributed by atoms with Gasteiger partial charge in [-0.15, -0.1) is 0 Å². The molecule has 2 aromatic rings. The molecular weight excluding hydrogens is 286 g/mol. The molecule has 0 bridgehead atoms. The van der Waals surface area contributed by atoms with Gasteiger partial charge in [-0.3, -0.25) is 9.59 Å². The standard InChI is InChI=1S/C17H14ClNO2/c1-19-15-8-7-12(18)9-13(15)14(17(19)21)10-16(20)11-5-3-2-4-6-11/h2-9,14H,10H2,1H3/t14-/m1/s1. The van der Waals surface area contributed by atoms with E-state index >= 15 is 0 Å². The molecule has 2 aromatic carbocycles. The molecule has 0 spiro atoms. The zero-order valence-electron chi connectivity index (χ0n) is 11.5. The highest BCUT2D eigenvalue weighted by molar-refractivity contribution is 6.31. The maximum atomic E-state index is 12.4. The average molecular weight is 300 g/mol. The molecule has 0 saturated carbocycles. The lowest BCUT2D eigenvalue weighted by Gasteiger charge is -2.10. The van der Waals surface area contributed by atoms with Crippen molar-refractivity contribution in [3.63, 3.8) is 0 Å². The number of ketones is 1. The van der Waals surface area contributed by atoms with Crippen molar-refractivity contribution in [3.8, 4) is 0 Å². The van der Waals surface area contributed by atoms with Gasteiger partial charge in [0.05, 0.1) is 5.92 Å². The van der Waals surface area contributed by atoms with Crippen molar-refractivity contribution in [3.05, 3.63) is 64.7 Å². The maximum Gasteiger partial charge on any atom is 0.234 e. The molecule has 4 heteroatoms. The molecule has 1 atom stereocenters. The van der Waals surface area contributed by atoms with Crippen molar-refractivity contribution < 1.29 is 9.59 Å². The van der Waals surface area contributed by atoms with Crippen LogP contribution in [0.15, 0.2) is 48.5 Å². The van der Waals surface area contributed by atoms with Gasteiger partial charge in [0.1, 0.15) is 0 Å². The van der Waals surface area contributed by atoms with Crippen LogP contribution in [-0.2, 0) is 4.79 Å². The third-order valence-electron chi connectivity index (χ3n) is 3.84. The molecule has 0 aromatic heterocycles. The Hall–Kier alpha value is -2.13. The Morgan fingerprint density at radius 1 is 1.19 bits per heavy atom. The summed E-state index contributed by atoms with van der Waals surface area (Å²) in [6, 6.07) is 14.4. The van der Waals surface area contributed by atoms with E-state index in [1.54, 1.807) is 36.2 Å². The number of rotatable bonds is 3. The quantitative estimate of drug-likeness (QED) is 0.811. The number of hydrogen-bond donors (Lipinski definition) is 0. The largest absolute Gasteiger partial charge is 0.315 e. The van der Waals surface area contributed by atoms with Crippen LogP contribution in [0, 0.1) is 0 Å². The average Bonchev–Trinajstić information content (AvgIpc) is 2.73. The van der Waals surface area contributed by atoms with Crippen LogP contribution in [0.3, 0.4) is 0 Å². The number of anilines is 1. The van der Waals surface area contributed by atoms with Gasteiger partial charge in [-0.25, -0.2) is 0 Å². The van der Waals surface area contributed by atoms with E-state index in [1.807, 2.05) is 24.3 Å². The van der Waals surface area contributed by atoms with Gasteiger partial charge in [0.15, 0.2) is 5.78 Å². The minimum Gasteiger partial charge on any atom is -0.315 e. The van der Waals surface area contributed by atoms with E-state index in [1.165, 1.54) is 0 Å². The molecule has 0 N–H and O–H groups in total. The number of nitrogens with zero attached hydrogens (tertiary/aromatic N) is 1. The second-order valence-corrected chi connectivity index (χ2v) is 5.58. The second kappa shape index (κ2) is 5.34. The molecular formula is C17H14ClNO2. The number of Topliss-reactive ketones (excluding diaryl/α,β-unsaturated/α-hetero) is 1. The smallest absolute Gasteiger partial charge is 0.234 e. The summed E-state index contributed by atoms with van der Waals surface area (Å²) in [7, 11) is 1.72. The van der Waals surface area contributed by atoms with Gasteiger partial charge in [-0.2, -0.15) is 0 Å². The van der Waals surface area contributed by atoms with Crippen molar-refractivity contribution in [2.24, 2.45) is 0 Å². The van der Waals surface area contributed by atoms with Crippen molar-refractivity contribution in [2.75, 3.05) is 11.9 Å². The van der Waals surface area contributed by atoms with E-state index < -0.39 is 5.92 Å². The molecule has 1 aliphatic heterocycles. The van der Waals surface area contributed by atoms with Gasteiger partial charge in [0, 0.05) is 29.7 Å². The zero-order valence-corrected chi connectivity index (χ0v) is 12.3. The molecule has 1 amide bonds. The van der Waals surface area contributed by atoms with E-state index in [4.69, 9.17) is 11.6 Å². The van der Waals surface area contributed by atoms with Crippen LogP contribution in [-0.4, -0.2) is 18.7 Å². The number of carbonyl (C=O) groups excluding carboxylic acids is 2. The molecule has 1 heterocycles. The van der Waals surface area contributed by atoms with E-state index in [0.29, 0.717) is 10.6 Å². The van der Waals surface area contributed by atoms with Gasteiger partial charge in [0.2, 0.25) is 5.91 Å². The third kappa shape index (κ3) is 2.45. The fraction of sp³-hybridized carbons (Fsp3) is 0.176. The summed E-state index contributed by atoms with van der Waals surface area (Å²) in [6.45, 7) is 0. The molecule has 3 nitrogen and oxygen atoms in total. The van der Waals surface area contributed by atoms with Gasteiger partial charge in [0.25, 0.3) is 0 Å². The fourth-order valence-corrected chi connectivity index (χ4v) is 2.90. The normalized spacial score (nSPS) is 17.0. The number of amides is 1. The first-order valence-corrected chi connectivity index (χ1v) is 7.11. The minimum atomic E-state index is -0.448. The summed E-state index contributed by atoms with van der Waals surface area (Å²) in [5, 5.41) is 0.578. The Kier molecular flexibility index (Phi) is 3.52. The first-order chi connectivity index (χ1) is 10.1. The summed E-state index contributed by atoms with van der Waals surface area (Å²) < 4.78 is 0. The fourth-order valence-electron chi connectivity index (χ4n) is 2.72. The first kappa shape index (κ1) is 13.8. The zero-order chi connectivity index (χ0) is 15.0. The van der Waals surface area contributed by atoms with Gasteiger partial charge >= 0.3 is 0 Å². The van der Waals surface area contributed by atoms with Crippen molar-refractivity contribution >= 4 is 29.0 Å². The number of fused-ring (bicyclic) bond motifs is 1. The highest BCUT2D eigenvalue weighted by Crippen LogP contribution is 2.40. The summed E-state index contributed by atoms with van der Waals surface area (Å²) in [4.78, 5) is 26.3. The number of hydrogen-bond acceptors (Lipinski definition) is 2. The molecule has 1 aliphatic rings. The Bertz CT molecular complexity index is 712. The molecule has 0 unspecified atom stereocenters. The van der Waals surface area contributed by atoms with Crippen LogP contribution < -0.4 is 4.90 Å². The summed E-state index contributed by atoms with van der Waals surface area (Å²) in [5.74, 6) is -0.539. The van der Waals surface area contributed by atoms with E-state index in [9.17, 15) is 9.59 Å². The van der Waals surface area contributed by atoms with Gasteiger partial charge in [-0.05, 0) is 23.8 Å². The molecule has 0 fully saturated rings. The van der Waals surface area contributed by atoms with Crippen molar-refractivity contribution in [2.45, 2.75) is 12.3 Å². The highest BCUT2D eigenvalue weighted by atomic mass is 35.5. The minimum absolute atomic E-state index is 0.0322. The van der Waals surface area contributed by atoms with E-state index in [-0.39, 0.29) is 18.1 Å². The van der Waals surface area contributed by atoms with E-state index in [0.717, 1.165) is 11.3 Å². The summed E-state index contributed by atoms with van der Waals surface area (Å²) in [5.41, 5.74) is 2.29. The predicted octanol–water partition coefficient (Wildman–Crippen LogP) is 3.67. The van der Waals surface area contributed by atoms with Crippen LogP contribution in [0.25, 0.3) is 0 Å². The van der Waals surface area contributed by atoms with Crippen LogP contribution in [0.2, 0.25) is 5.02 Å². The van der Waals surface area contributed by atoms with Crippen LogP contribution in [0.5, 0.6) is 0 Å². The number of benzene rings is 2. The monoisotopic (exact) mass is 299 g/mol. The van der Waals surface area contributed by atoms with Crippen molar-refractivity contribution in [1.29, 1.82) is 0 Å². The predicted molar refractivity (Wildman–Crippen MR) is 83.0 cm³/mol.